The van der Waals surface area contributed by atoms with Crippen LogP contribution in [0.4, 0.5) is 0 Å². The van der Waals surface area contributed by atoms with Gasteiger partial charge in [0.05, 0.1) is 7.11 Å². The molecule has 0 bridgehead atoms. The van der Waals surface area contributed by atoms with E-state index in [0.717, 1.165) is 19.5 Å². The van der Waals surface area contributed by atoms with Gasteiger partial charge in [-0.1, -0.05) is 31.2 Å². The van der Waals surface area contributed by atoms with Gasteiger partial charge in [0.15, 0.2) is 0 Å². The molecule has 16 heavy (non-hydrogen) atoms. The van der Waals surface area contributed by atoms with Gasteiger partial charge in [-0.25, -0.2) is 0 Å². The van der Waals surface area contributed by atoms with Gasteiger partial charge in [0, 0.05) is 6.54 Å². The van der Waals surface area contributed by atoms with Crippen molar-refractivity contribution in [1.82, 2.24) is 4.90 Å². The van der Waals surface area contributed by atoms with Gasteiger partial charge >= 0.3 is 5.97 Å². The second-order valence-corrected chi connectivity index (χ2v) is 4.07. The van der Waals surface area contributed by atoms with Crippen molar-refractivity contribution in [1.29, 1.82) is 0 Å². The average molecular weight is 219 g/mol. The number of likely N-dealkylation sites (N-methyl/N-ethyl adjacent to an activating group) is 1. The normalized spacial score (nSPS) is 20.2. The maximum Gasteiger partial charge on any atom is 0.323 e. The van der Waals surface area contributed by atoms with E-state index < -0.39 is 0 Å². The molecule has 0 N–H and O–H groups in total. The van der Waals surface area contributed by atoms with E-state index in [0.29, 0.717) is 0 Å². The zero-order chi connectivity index (χ0) is 11.5. The molecule has 1 aromatic rings. The first-order chi connectivity index (χ1) is 7.76. The van der Waals surface area contributed by atoms with Crippen LogP contribution in [0.5, 0.6) is 0 Å². The van der Waals surface area contributed by atoms with Crippen molar-refractivity contribution in [2.45, 2.75) is 25.9 Å². The van der Waals surface area contributed by atoms with Crippen LogP contribution in [-0.4, -0.2) is 30.6 Å². The topological polar surface area (TPSA) is 29.5 Å². The minimum atomic E-state index is -0.128. The van der Waals surface area contributed by atoms with Crippen LogP contribution in [0.25, 0.3) is 0 Å². The molecule has 0 amide bonds. The molecule has 0 fully saturated rings. The minimum absolute atomic E-state index is 0.120. The molecule has 86 valence electrons. The molecule has 1 aliphatic rings. The molecular weight excluding hydrogens is 202 g/mol. The molecule has 3 nitrogen and oxygen atoms in total. The van der Waals surface area contributed by atoms with Gasteiger partial charge < -0.3 is 4.74 Å². The van der Waals surface area contributed by atoms with Crippen molar-refractivity contribution in [3.63, 3.8) is 0 Å². The number of rotatable bonds is 2. The summed E-state index contributed by atoms with van der Waals surface area (Å²) in [6.07, 6.45) is 0.761. The lowest BCUT2D eigenvalue weighted by atomic mass is 9.94. The summed E-state index contributed by atoms with van der Waals surface area (Å²) in [7, 11) is 1.46. The first-order valence-corrected chi connectivity index (χ1v) is 5.65. The molecule has 1 heterocycles. The summed E-state index contributed by atoms with van der Waals surface area (Å²) in [6, 6.07) is 8.17. The fourth-order valence-electron chi connectivity index (χ4n) is 2.28. The molecular formula is C13H17NO2. The summed E-state index contributed by atoms with van der Waals surface area (Å²) in [6.45, 7) is 3.78. The molecule has 0 saturated carbocycles. The second kappa shape index (κ2) is 4.66. The van der Waals surface area contributed by atoms with Crippen LogP contribution >= 0.6 is 0 Å². The first kappa shape index (κ1) is 11.1. The molecule has 0 aliphatic carbocycles. The van der Waals surface area contributed by atoms with Crippen molar-refractivity contribution in [2.24, 2.45) is 0 Å². The SMILES string of the molecule is CCN1Cc2ccccc2C[C@H]1C(=O)OC. The maximum atomic E-state index is 11.7. The highest BCUT2D eigenvalue weighted by Crippen LogP contribution is 2.23. The van der Waals surface area contributed by atoms with Gasteiger partial charge in [-0.3, -0.25) is 9.69 Å². The monoisotopic (exact) mass is 219 g/mol. The van der Waals surface area contributed by atoms with Crippen molar-refractivity contribution in [2.75, 3.05) is 13.7 Å². The number of esters is 1. The van der Waals surface area contributed by atoms with Crippen LogP contribution in [0.1, 0.15) is 18.1 Å². The quantitative estimate of drug-likeness (QED) is 0.708. The van der Waals surface area contributed by atoms with Crippen molar-refractivity contribution in [3.05, 3.63) is 35.4 Å². The van der Waals surface area contributed by atoms with Crippen LogP contribution in [0, 0.1) is 0 Å². The van der Waals surface area contributed by atoms with E-state index >= 15 is 0 Å². The van der Waals surface area contributed by atoms with Crippen LogP contribution in [0.2, 0.25) is 0 Å². The maximum absolute atomic E-state index is 11.7. The number of carbonyl (C=O) groups excluding carboxylic acids is 1. The lowest BCUT2D eigenvalue weighted by molar-refractivity contribution is -0.147. The Labute approximate surface area is 96.0 Å². The lowest BCUT2D eigenvalue weighted by Crippen LogP contribution is -2.45. The van der Waals surface area contributed by atoms with Crippen LogP contribution in [0.3, 0.4) is 0 Å². The Morgan fingerprint density at radius 3 is 2.75 bits per heavy atom. The summed E-state index contributed by atoms with van der Waals surface area (Å²) in [4.78, 5) is 13.8. The molecule has 0 saturated heterocycles. The molecule has 0 unspecified atom stereocenters. The van der Waals surface area contributed by atoms with Crippen molar-refractivity contribution in [3.8, 4) is 0 Å². The number of hydrogen-bond acceptors (Lipinski definition) is 3. The summed E-state index contributed by atoms with van der Waals surface area (Å²) in [5.74, 6) is -0.128. The van der Waals surface area contributed by atoms with Gasteiger partial charge in [0.2, 0.25) is 0 Å². The fraction of sp³-hybridized carbons (Fsp3) is 0.462. The number of hydrogen-bond donors (Lipinski definition) is 0. The molecule has 0 aromatic heterocycles. The molecule has 0 radical (unpaired) electrons. The lowest BCUT2D eigenvalue weighted by Gasteiger charge is -2.34. The molecule has 1 aromatic carbocycles. The highest BCUT2D eigenvalue weighted by atomic mass is 16.5. The van der Waals surface area contributed by atoms with E-state index in [2.05, 4.69) is 24.0 Å². The third kappa shape index (κ3) is 1.95. The Kier molecular flexibility index (Phi) is 3.25. The third-order valence-electron chi connectivity index (χ3n) is 3.23. The van der Waals surface area contributed by atoms with Crippen LogP contribution in [-0.2, 0) is 22.5 Å². The number of nitrogens with zero attached hydrogens (tertiary/aromatic N) is 1. The Morgan fingerprint density at radius 1 is 1.44 bits per heavy atom. The third-order valence-corrected chi connectivity index (χ3v) is 3.23. The highest BCUT2D eigenvalue weighted by Gasteiger charge is 2.30. The van der Waals surface area contributed by atoms with Gasteiger partial charge in [-0.15, -0.1) is 0 Å². The number of carbonyl (C=O) groups is 1. The summed E-state index contributed by atoms with van der Waals surface area (Å²) >= 11 is 0. The van der Waals surface area contributed by atoms with E-state index in [4.69, 9.17) is 4.74 Å². The predicted octanol–water partition coefficient (Wildman–Crippen LogP) is 1.61. The zero-order valence-corrected chi connectivity index (χ0v) is 9.77. The highest BCUT2D eigenvalue weighted by molar-refractivity contribution is 5.76. The van der Waals surface area contributed by atoms with E-state index in [-0.39, 0.29) is 12.0 Å². The van der Waals surface area contributed by atoms with Crippen LogP contribution in [0.15, 0.2) is 24.3 Å². The average Bonchev–Trinajstić information content (AvgIpc) is 2.36. The molecule has 1 atom stereocenters. The zero-order valence-electron chi connectivity index (χ0n) is 9.77. The summed E-state index contributed by atoms with van der Waals surface area (Å²) < 4.78 is 4.86. The van der Waals surface area contributed by atoms with Gasteiger partial charge in [-0.2, -0.15) is 0 Å². The number of benzene rings is 1. The van der Waals surface area contributed by atoms with Crippen molar-refractivity contribution >= 4 is 5.97 Å². The molecule has 2 rings (SSSR count). The largest absolute Gasteiger partial charge is 0.468 e. The first-order valence-electron chi connectivity index (χ1n) is 5.65. The number of ether oxygens (including phenoxy) is 1. The molecule has 0 spiro atoms. The predicted molar refractivity (Wildman–Crippen MR) is 62.0 cm³/mol. The smallest absolute Gasteiger partial charge is 0.323 e. The molecule has 1 aliphatic heterocycles. The number of methoxy groups -OCH3 is 1. The Hall–Kier alpha value is -1.35. The van der Waals surface area contributed by atoms with E-state index in [1.165, 1.54) is 18.2 Å². The Morgan fingerprint density at radius 2 is 2.12 bits per heavy atom. The second-order valence-electron chi connectivity index (χ2n) is 4.07. The van der Waals surface area contributed by atoms with E-state index in [9.17, 15) is 4.79 Å². The standard InChI is InChI=1S/C13H17NO2/c1-3-14-9-11-7-5-4-6-10(11)8-12(14)13(15)16-2/h4-7,12H,3,8-9H2,1-2H3/t12-/m0/s1. The Balaban J connectivity index is 2.27. The number of fused-ring (bicyclic) bond motifs is 1. The van der Waals surface area contributed by atoms with Crippen LogP contribution < -0.4 is 0 Å². The Bertz CT molecular complexity index is 389. The van der Waals surface area contributed by atoms with E-state index in [1.54, 1.807) is 0 Å². The minimum Gasteiger partial charge on any atom is -0.468 e. The van der Waals surface area contributed by atoms with Crippen molar-refractivity contribution < 1.29 is 9.53 Å². The van der Waals surface area contributed by atoms with Gasteiger partial charge in [-0.05, 0) is 24.1 Å². The summed E-state index contributed by atoms with van der Waals surface area (Å²) in [5.41, 5.74) is 2.59. The summed E-state index contributed by atoms with van der Waals surface area (Å²) in [5, 5.41) is 0. The fourth-order valence-corrected chi connectivity index (χ4v) is 2.28. The van der Waals surface area contributed by atoms with Gasteiger partial charge in [0.1, 0.15) is 6.04 Å². The van der Waals surface area contributed by atoms with Gasteiger partial charge in [0.25, 0.3) is 0 Å². The molecule has 3 heteroatoms. The van der Waals surface area contributed by atoms with E-state index in [1.807, 2.05) is 12.1 Å².